The number of halogens is 1. The first-order chi connectivity index (χ1) is 4.25. The van der Waals surface area contributed by atoms with Crippen molar-refractivity contribution >= 4 is 15.9 Å². The van der Waals surface area contributed by atoms with Gasteiger partial charge in [-0.05, 0) is 22.4 Å². The molecule has 1 aromatic heterocycles. The smallest absolute Gasteiger partial charge is 0.106 e. The van der Waals surface area contributed by atoms with Gasteiger partial charge >= 0.3 is 0 Å². The summed E-state index contributed by atoms with van der Waals surface area (Å²) in [4.78, 5) is 0. The molecule has 0 aliphatic heterocycles. The largest absolute Gasteiger partial charge is 0.261 e. The zero-order chi connectivity index (χ0) is 6.85. The summed E-state index contributed by atoms with van der Waals surface area (Å²) in [6.07, 6.45) is 2.92. The van der Waals surface area contributed by atoms with Crippen molar-refractivity contribution < 1.29 is 0 Å². The monoisotopic (exact) mass is 188 g/mol. The number of aryl methyl sites for hydroxylation is 2. The van der Waals surface area contributed by atoms with Crippen LogP contribution < -0.4 is 0 Å². The molecule has 0 bridgehead atoms. The van der Waals surface area contributed by atoms with Gasteiger partial charge in [0.15, 0.2) is 0 Å². The van der Waals surface area contributed by atoms with Gasteiger partial charge in [0, 0.05) is 12.6 Å². The van der Waals surface area contributed by atoms with Crippen molar-refractivity contribution in [1.82, 2.24) is 9.78 Å². The molecule has 0 fully saturated rings. The summed E-state index contributed by atoms with van der Waals surface area (Å²) in [5, 5.41) is 4.06. The minimum absolute atomic E-state index is 1.04. The highest BCUT2D eigenvalue weighted by molar-refractivity contribution is 9.10. The average molecular weight is 189 g/mol. The topological polar surface area (TPSA) is 17.8 Å². The predicted octanol–water partition coefficient (Wildman–Crippen LogP) is 1.74. The number of rotatable bonds is 1. The molecular formula is C6H9BrN2. The van der Waals surface area contributed by atoms with Crippen LogP contribution in [-0.4, -0.2) is 9.78 Å². The van der Waals surface area contributed by atoms with Crippen LogP contribution in [0.3, 0.4) is 0 Å². The minimum atomic E-state index is 1.04. The van der Waals surface area contributed by atoms with Crippen molar-refractivity contribution in [2.75, 3.05) is 0 Å². The Bertz CT molecular complexity index is 205. The van der Waals surface area contributed by atoms with Crippen LogP contribution in [0.2, 0.25) is 0 Å². The first-order valence-electron chi connectivity index (χ1n) is 2.92. The molecule has 0 saturated carbocycles. The SMILES string of the molecule is CCc1cnn(C)c1Br. The molecular weight excluding hydrogens is 180 g/mol. The van der Waals surface area contributed by atoms with Crippen LogP contribution in [0, 0.1) is 0 Å². The second-order valence-electron chi connectivity index (χ2n) is 1.94. The third kappa shape index (κ3) is 1.15. The van der Waals surface area contributed by atoms with Crippen LogP contribution in [0.25, 0.3) is 0 Å². The van der Waals surface area contributed by atoms with Gasteiger partial charge in [0.25, 0.3) is 0 Å². The second-order valence-corrected chi connectivity index (χ2v) is 2.69. The summed E-state index contributed by atoms with van der Waals surface area (Å²) >= 11 is 3.41. The lowest BCUT2D eigenvalue weighted by Gasteiger charge is -1.91. The maximum Gasteiger partial charge on any atom is 0.106 e. The molecule has 9 heavy (non-hydrogen) atoms. The maximum atomic E-state index is 4.06. The number of nitrogens with zero attached hydrogens (tertiary/aromatic N) is 2. The van der Waals surface area contributed by atoms with E-state index in [1.165, 1.54) is 5.56 Å². The van der Waals surface area contributed by atoms with Crippen molar-refractivity contribution in [1.29, 1.82) is 0 Å². The molecule has 0 radical (unpaired) electrons. The van der Waals surface area contributed by atoms with Gasteiger partial charge in [-0.15, -0.1) is 0 Å². The Kier molecular flexibility index (Phi) is 1.90. The molecule has 0 atom stereocenters. The van der Waals surface area contributed by atoms with Crippen LogP contribution in [0.5, 0.6) is 0 Å². The molecule has 2 nitrogen and oxygen atoms in total. The third-order valence-electron chi connectivity index (χ3n) is 1.32. The Morgan fingerprint density at radius 2 is 2.44 bits per heavy atom. The fourth-order valence-corrected chi connectivity index (χ4v) is 1.18. The van der Waals surface area contributed by atoms with E-state index < -0.39 is 0 Å². The molecule has 0 spiro atoms. The molecule has 0 amide bonds. The van der Waals surface area contributed by atoms with E-state index >= 15 is 0 Å². The highest BCUT2D eigenvalue weighted by Gasteiger charge is 2.00. The normalized spacial score (nSPS) is 10.1. The highest BCUT2D eigenvalue weighted by atomic mass is 79.9. The lowest BCUT2D eigenvalue weighted by atomic mass is 10.3. The van der Waals surface area contributed by atoms with Gasteiger partial charge in [-0.25, -0.2) is 0 Å². The molecule has 0 saturated heterocycles. The highest BCUT2D eigenvalue weighted by Crippen LogP contribution is 2.14. The van der Waals surface area contributed by atoms with E-state index in [4.69, 9.17) is 0 Å². The van der Waals surface area contributed by atoms with Gasteiger partial charge in [-0.1, -0.05) is 6.92 Å². The molecule has 1 rings (SSSR count). The summed E-state index contributed by atoms with van der Waals surface area (Å²) in [7, 11) is 1.92. The standard InChI is InChI=1S/C6H9BrN2/c1-3-5-4-8-9(2)6(5)7/h4H,3H2,1-2H3. The number of aromatic nitrogens is 2. The van der Waals surface area contributed by atoms with E-state index in [2.05, 4.69) is 28.0 Å². The Morgan fingerprint density at radius 3 is 2.67 bits per heavy atom. The summed E-state index contributed by atoms with van der Waals surface area (Å²) in [6.45, 7) is 2.11. The minimum Gasteiger partial charge on any atom is -0.261 e. The van der Waals surface area contributed by atoms with Gasteiger partial charge in [0.05, 0.1) is 6.20 Å². The molecule has 3 heteroatoms. The van der Waals surface area contributed by atoms with Gasteiger partial charge < -0.3 is 0 Å². The van der Waals surface area contributed by atoms with Gasteiger partial charge in [-0.3, -0.25) is 4.68 Å². The Morgan fingerprint density at radius 1 is 1.78 bits per heavy atom. The maximum absolute atomic E-state index is 4.06. The van der Waals surface area contributed by atoms with Gasteiger partial charge in [-0.2, -0.15) is 5.10 Å². The van der Waals surface area contributed by atoms with E-state index in [1.54, 1.807) is 0 Å². The number of hydrogen-bond acceptors (Lipinski definition) is 1. The third-order valence-corrected chi connectivity index (χ3v) is 2.34. The lowest BCUT2D eigenvalue weighted by molar-refractivity contribution is 0.748. The summed E-state index contributed by atoms with van der Waals surface area (Å²) in [6, 6.07) is 0. The molecule has 0 aromatic carbocycles. The van der Waals surface area contributed by atoms with Crippen molar-refractivity contribution in [3.63, 3.8) is 0 Å². The van der Waals surface area contributed by atoms with Crippen molar-refractivity contribution in [3.8, 4) is 0 Å². The van der Waals surface area contributed by atoms with E-state index in [-0.39, 0.29) is 0 Å². The van der Waals surface area contributed by atoms with Crippen LogP contribution in [0.15, 0.2) is 10.8 Å². The summed E-state index contributed by atoms with van der Waals surface area (Å²) in [5.74, 6) is 0. The molecule has 50 valence electrons. The summed E-state index contributed by atoms with van der Waals surface area (Å²) < 4.78 is 2.91. The molecule has 0 unspecified atom stereocenters. The van der Waals surface area contributed by atoms with Crippen LogP contribution in [-0.2, 0) is 13.5 Å². The quantitative estimate of drug-likeness (QED) is 0.657. The first kappa shape index (κ1) is 6.81. The van der Waals surface area contributed by atoms with E-state index in [0.29, 0.717) is 0 Å². The average Bonchev–Trinajstić information content (AvgIpc) is 2.15. The molecule has 0 aliphatic rings. The molecule has 1 heterocycles. The Balaban J connectivity index is 3.04. The van der Waals surface area contributed by atoms with Crippen LogP contribution in [0.1, 0.15) is 12.5 Å². The van der Waals surface area contributed by atoms with Gasteiger partial charge in [0.1, 0.15) is 4.60 Å². The predicted molar refractivity (Wildman–Crippen MR) is 40.3 cm³/mol. The molecule has 0 aliphatic carbocycles. The lowest BCUT2D eigenvalue weighted by Crippen LogP contribution is -1.89. The summed E-state index contributed by atoms with van der Waals surface area (Å²) in [5.41, 5.74) is 1.26. The molecule has 0 N–H and O–H groups in total. The van der Waals surface area contributed by atoms with Crippen molar-refractivity contribution in [2.24, 2.45) is 7.05 Å². The van der Waals surface area contributed by atoms with Crippen molar-refractivity contribution in [3.05, 3.63) is 16.4 Å². The van der Waals surface area contributed by atoms with E-state index in [0.717, 1.165) is 11.0 Å². The van der Waals surface area contributed by atoms with Crippen LogP contribution in [0.4, 0.5) is 0 Å². The first-order valence-corrected chi connectivity index (χ1v) is 3.71. The fraction of sp³-hybridized carbons (Fsp3) is 0.500. The Labute approximate surface area is 63.0 Å². The van der Waals surface area contributed by atoms with Crippen molar-refractivity contribution in [2.45, 2.75) is 13.3 Å². The van der Waals surface area contributed by atoms with E-state index in [1.807, 2.05) is 17.9 Å². The Hall–Kier alpha value is -0.310. The fourth-order valence-electron chi connectivity index (χ4n) is 0.705. The zero-order valence-corrected chi connectivity index (χ0v) is 7.14. The van der Waals surface area contributed by atoms with E-state index in [9.17, 15) is 0 Å². The number of hydrogen-bond donors (Lipinski definition) is 0. The van der Waals surface area contributed by atoms with Crippen LogP contribution >= 0.6 is 15.9 Å². The van der Waals surface area contributed by atoms with Gasteiger partial charge in [0.2, 0.25) is 0 Å². The zero-order valence-electron chi connectivity index (χ0n) is 5.56. The second kappa shape index (κ2) is 2.52. The molecule has 1 aromatic rings.